The molecule has 0 aromatic carbocycles. The van der Waals surface area contributed by atoms with Crippen LogP contribution in [-0.4, -0.2) is 0 Å². The first-order valence-corrected chi connectivity index (χ1v) is 5.27. The number of hydrogen-bond acceptors (Lipinski definition) is 0. The first-order chi connectivity index (χ1) is 5.66. The van der Waals surface area contributed by atoms with Crippen molar-refractivity contribution in [2.45, 2.75) is 39.5 Å². The summed E-state index contributed by atoms with van der Waals surface area (Å²) >= 11 is 0. The Morgan fingerprint density at radius 2 is 2.17 bits per heavy atom. The van der Waals surface area contributed by atoms with Crippen LogP contribution < -0.4 is 0 Å². The zero-order valence-corrected chi connectivity index (χ0v) is 8.34. The normalized spacial score (nSPS) is 43.3. The monoisotopic (exact) mass is 164 g/mol. The van der Waals surface area contributed by atoms with E-state index in [0.29, 0.717) is 5.41 Å². The average molecular weight is 164 g/mol. The summed E-state index contributed by atoms with van der Waals surface area (Å²) in [5, 5.41) is 0. The van der Waals surface area contributed by atoms with E-state index in [1.807, 2.05) is 0 Å². The van der Waals surface area contributed by atoms with Crippen molar-refractivity contribution >= 4 is 0 Å². The van der Waals surface area contributed by atoms with Gasteiger partial charge in [0.25, 0.3) is 0 Å². The molecule has 2 bridgehead atoms. The van der Waals surface area contributed by atoms with Crippen LogP contribution in [0, 0.1) is 23.2 Å². The van der Waals surface area contributed by atoms with Gasteiger partial charge in [-0.1, -0.05) is 19.9 Å². The topological polar surface area (TPSA) is 0 Å². The highest BCUT2D eigenvalue weighted by Gasteiger charge is 2.53. The van der Waals surface area contributed by atoms with Crippen LogP contribution >= 0.6 is 0 Å². The molecule has 0 aromatic rings. The van der Waals surface area contributed by atoms with Crippen molar-refractivity contribution < 1.29 is 0 Å². The molecule has 3 rings (SSSR count). The minimum absolute atomic E-state index is 0.659. The third kappa shape index (κ3) is 0.967. The summed E-state index contributed by atoms with van der Waals surface area (Å²) in [6, 6.07) is 0. The Morgan fingerprint density at radius 1 is 1.42 bits per heavy atom. The van der Waals surface area contributed by atoms with E-state index in [2.05, 4.69) is 26.5 Å². The third-order valence-corrected chi connectivity index (χ3v) is 4.47. The van der Waals surface area contributed by atoms with E-state index < -0.39 is 0 Å². The maximum absolute atomic E-state index is 3.85. The quantitative estimate of drug-likeness (QED) is 0.547. The van der Waals surface area contributed by atoms with Crippen molar-refractivity contribution in [3.63, 3.8) is 0 Å². The number of fused-ring (bicyclic) bond motifs is 2. The largest absolute Gasteiger partial charge is 0.103 e. The molecule has 3 aliphatic rings. The van der Waals surface area contributed by atoms with Crippen molar-refractivity contribution in [2.75, 3.05) is 0 Å². The van der Waals surface area contributed by atoms with Crippen molar-refractivity contribution in [3.05, 3.63) is 12.7 Å². The van der Waals surface area contributed by atoms with E-state index in [1.54, 1.807) is 0 Å². The third-order valence-electron chi connectivity index (χ3n) is 4.47. The van der Waals surface area contributed by atoms with Crippen LogP contribution in [0.4, 0.5) is 0 Å². The molecule has 0 unspecified atom stereocenters. The Morgan fingerprint density at radius 3 is 2.67 bits per heavy atom. The molecule has 3 atom stereocenters. The van der Waals surface area contributed by atoms with Crippen molar-refractivity contribution in [3.8, 4) is 0 Å². The molecule has 12 heavy (non-hydrogen) atoms. The van der Waals surface area contributed by atoms with E-state index in [0.717, 1.165) is 17.8 Å². The van der Waals surface area contributed by atoms with E-state index in [1.165, 1.54) is 25.7 Å². The van der Waals surface area contributed by atoms with Crippen molar-refractivity contribution in [1.29, 1.82) is 0 Å². The van der Waals surface area contributed by atoms with Gasteiger partial charge in [0.1, 0.15) is 0 Å². The van der Waals surface area contributed by atoms with Gasteiger partial charge in [-0.25, -0.2) is 0 Å². The Labute approximate surface area is 76.1 Å². The van der Waals surface area contributed by atoms with Crippen LogP contribution in [0.3, 0.4) is 0 Å². The molecular formula is C12H20. The zero-order chi connectivity index (χ0) is 8.77. The minimum Gasteiger partial charge on any atom is -0.103 e. The second-order valence-electron chi connectivity index (χ2n) is 5.22. The Kier molecular flexibility index (Phi) is 1.82. The van der Waals surface area contributed by atoms with Gasteiger partial charge in [-0.3, -0.25) is 0 Å². The Hall–Kier alpha value is -0.260. The molecule has 0 saturated heterocycles. The predicted molar refractivity (Wildman–Crippen MR) is 52.9 cm³/mol. The van der Waals surface area contributed by atoms with Crippen LogP contribution in [0.2, 0.25) is 0 Å². The van der Waals surface area contributed by atoms with Gasteiger partial charge in [0.2, 0.25) is 0 Å². The van der Waals surface area contributed by atoms with Gasteiger partial charge in [-0.15, -0.1) is 6.58 Å². The lowest BCUT2D eigenvalue weighted by Gasteiger charge is -2.60. The predicted octanol–water partition coefficient (Wildman–Crippen LogP) is 3.63. The molecule has 3 saturated carbocycles. The summed E-state index contributed by atoms with van der Waals surface area (Å²) in [6.45, 7) is 8.77. The number of allylic oxidation sites excluding steroid dienone is 1. The number of rotatable bonds is 2. The van der Waals surface area contributed by atoms with Gasteiger partial charge in [0.05, 0.1) is 0 Å². The molecule has 0 aliphatic heterocycles. The van der Waals surface area contributed by atoms with Crippen LogP contribution in [-0.2, 0) is 0 Å². The molecule has 0 heteroatoms. The summed E-state index contributed by atoms with van der Waals surface area (Å²) in [7, 11) is 0. The fourth-order valence-corrected chi connectivity index (χ4v) is 3.46. The van der Waals surface area contributed by atoms with Gasteiger partial charge in [-0.2, -0.15) is 0 Å². The smallest absolute Gasteiger partial charge is 0.0295 e. The fourth-order valence-electron chi connectivity index (χ4n) is 3.46. The standard InChI is InChI=1S/C12H20/c1-4-5-9-6-7-10-8-11(9)12(10,2)3/h4,9-11H,1,5-8H2,2-3H3/t9-,10+,11+/m0/s1. The highest BCUT2D eigenvalue weighted by atomic mass is 14.6. The minimum atomic E-state index is 0.659. The van der Waals surface area contributed by atoms with Gasteiger partial charge in [0.15, 0.2) is 0 Å². The van der Waals surface area contributed by atoms with Crippen LogP contribution in [0.1, 0.15) is 39.5 Å². The summed E-state index contributed by atoms with van der Waals surface area (Å²) in [5.41, 5.74) is 0.659. The number of hydrogen-bond donors (Lipinski definition) is 0. The molecule has 0 heterocycles. The summed E-state index contributed by atoms with van der Waals surface area (Å²) < 4.78 is 0. The summed E-state index contributed by atoms with van der Waals surface area (Å²) in [5.74, 6) is 3.01. The molecule has 3 aliphatic carbocycles. The van der Waals surface area contributed by atoms with Crippen molar-refractivity contribution in [2.24, 2.45) is 23.2 Å². The second kappa shape index (κ2) is 2.61. The molecule has 0 aromatic heterocycles. The SMILES string of the molecule is C=CC[C@H]1CC[C@@H]2C[C@H]1C2(C)C. The maximum Gasteiger partial charge on any atom is -0.0295 e. The Bertz CT molecular complexity index is 188. The van der Waals surface area contributed by atoms with Gasteiger partial charge >= 0.3 is 0 Å². The molecule has 0 spiro atoms. The van der Waals surface area contributed by atoms with Crippen molar-refractivity contribution in [1.82, 2.24) is 0 Å². The summed E-state index contributed by atoms with van der Waals surface area (Å²) in [4.78, 5) is 0. The van der Waals surface area contributed by atoms with Gasteiger partial charge in [-0.05, 0) is 48.9 Å². The maximum atomic E-state index is 3.85. The lowest BCUT2D eigenvalue weighted by Crippen LogP contribution is -2.52. The van der Waals surface area contributed by atoms with Gasteiger partial charge < -0.3 is 0 Å². The molecule has 68 valence electrons. The van der Waals surface area contributed by atoms with E-state index in [4.69, 9.17) is 0 Å². The zero-order valence-electron chi connectivity index (χ0n) is 8.34. The highest BCUT2D eigenvalue weighted by molar-refractivity contribution is 5.04. The van der Waals surface area contributed by atoms with E-state index >= 15 is 0 Å². The molecule has 0 N–H and O–H groups in total. The Balaban J connectivity index is 2.05. The molecular weight excluding hydrogens is 144 g/mol. The fraction of sp³-hybridized carbons (Fsp3) is 0.833. The van der Waals surface area contributed by atoms with Crippen LogP contribution in [0.25, 0.3) is 0 Å². The first-order valence-electron chi connectivity index (χ1n) is 5.27. The van der Waals surface area contributed by atoms with E-state index in [-0.39, 0.29) is 0 Å². The van der Waals surface area contributed by atoms with Crippen LogP contribution in [0.5, 0.6) is 0 Å². The lowest BCUT2D eigenvalue weighted by atomic mass is 9.45. The molecule has 0 amide bonds. The molecule has 3 fully saturated rings. The van der Waals surface area contributed by atoms with Gasteiger partial charge in [0, 0.05) is 0 Å². The first kappa shape index (κ1) is 8.34. The lowest BCUT2D eigenvalue weighted by molar-refractivity contribution is -0.103. The summed E-state index contributed by atoms with van der Waals surface area (Å²) in [6.07, 6.45) is 7.80. The molecule has 0 nitrogen and oxygen atoms in total. The van der Waals surface area contributed by atoms with Crippen LogP contribution in [0.15, 0.2) is 12.7 Å². The molecule has 0 radical (unpaired) electrons. The second-order valence-corrected chi connectivity index (χ2v) is 5.22. The highest BCUT2D eigenvalue weighted by Crippen LogP contribution is 2.61. The average Bonchev–Trinajstić information content (AvgIpc) is 2.05. The van der Waals surface area contributed by atoms with E-state index in [9.17, 15) is 0 Å².